The molecule has 0 unspecified atom stereocenters. The number of nitrogens with zero attached hydrogens (tertiary/aromatic N) is 3. The van der Waals surface area contributed by atoms with Crippen LogP contribution in [0.3, 0.4) is 0 Å². The van der Waals surface area contributed by atoms with Crippen LogP contribution in [0.1, 0.15) is 5.69 Å². The van der Waals surface area contributed by atoms with Crippen molar-refractivity contribution in [3.05, 3.63) is 54.7 Å². The van der Waals surface area contributed by atoms with Gasteiger partial charge < -0.3 is 0 Å². The summed E-state index contributed by atoms with van der Waals surface area (Å²) in [6.07, 6.45) is 1.62. The second kappa shape index (κ2) is 5.01. The number of aromatic nitrogens is 4. The number of alkyl halides is 3. The Balaban J connectivity index is 2.01. The Bertz CT molecular complexity index is 733. The van der Waals surface area contributed by atoms with Gasteiger partial charge in [0, 0.05) is 29.7 Å². The number of rotatable bonds is 2. The molecule has 3 heterocycles. The molecular formula is C14H9F3N4. The molecule has 1 N–H and O–H groups in total. The first-order chi connectivity index (χ1) is 10.1. The van der Waals surface area contributed by atoms with Gasteiger partial charge in [0.15, 0.2) is 0 Å². The molecule has 0 atom stereocenters. The van der Waals surface area contributed by atoms with Crippen molar-refractivity contribution in [1.82, 2.24) is 20.2 Å². The van der Waals surface area contributed by atoms with Gasteiger partial charge in [-0.2, -0.15) is 18.3 Å². The van der Waals surface area contributed by atoms with Crippen LogP contribution in [0.5, 0.6) is 0 Å². The van der Waals surface area contributed by atoms with Crippen LogP contribution < -0.4 is 0 Å². The molecule has 0 aromatic carbocycles. The average Bonchev–Trinajstić information content (AvgIpc) is 2.97. The molecule has 106 valence electrons. The van der Waals surface area contributed by atoms with Crippen molar-refractivity contribution in [2.75, 3.05) is 0 Å². The lowest BCUT2D eigenvalue weighted by Gasteiger charge is -2.07. The Kier molecular flexibility index (Phi) is 3.17. The van der Waals surface area contributed by atoms with E-state index >= 15 is 0 Å². The predicted octanol–water partition coefficient (Wildman–Crippen LogP) is 3.55. The molecule has 0 saturated heterocycles. The van der Waals surface area contributed by atoms with E-state index in [0.29, 0.717) is 11.3 Å². The summed E-state index contributed by atoms with van der Waals surface area (Å²) in [7, 11) is 0. The molecule has 0 aliphatic carbocycles. The van der Waals surface area contributed by atoms with Crippen LogP contribution in [-0.2, 0) is 6.18 Å². The van der Waals surface area contributed by atoms with Gasteiger partial charge in [0.2, 0.25) is 0 Å². The lowest BCUT2D eigenvalue weighted by Crippen LogP contribution is -2.07. The van der Waals surface area contributed by atoms with E-state index in [1.54, 1.807) is 30.7 Å². The molecule has 3 aromatic rings. The van der Waals surface area contributed by atoms with Gasteiger partial charge in [-0.15, -0.1) is 0 Å². The molecule has 7 heteroatoms. The zero-order valence-corrected chi connectivity index (χ0v) is 10.6. The minimum absolute atomic E-state index is 0.535. The highest BCUT2D eigenvalue weighted by atomic mass is 19.4. The monoisotopic (exact) mass is 290 g/mol. The average molecular weight is 290 g/mol. The molecule has 21 heavy (non-hydrogen) atoms. The first kappa shape index (κ1) is 13.3. The smallest absolute Gasteiger partial charge is 0.277 e. The summed E-state index contributed by atoms with van der Waals surface area (Å²) < 4.78 is 37.5. The van der Waals surface area contributed by atoms with Crippen molar-refractivity contribution in [3.63, 3.8) is 0 Å². The van der Waals surface area contributed by atoms with Gasteiger partial charge in [-0.25, -0.2) is 0 Å². The Morgan fingerprint density at radius 3 is 2.29 bits per heavy atom. The molecule has 3 aromatic heterocycles. The van der Waals surface area contributed by atoms with Crippen molar-refractivity contribution < 1.29 is 13.2 Å². The van der Waals surface area contributed by atoms with E-state index in [1.165, 1.54) is 12.3 Å². The molecule has 0 spiro atoms. The van der Waals surface area contributed by atoms with E-state index in [1.807, 2.05) is 0 Å². The van der Waals surface area contributed by atoms with E-state index in [-0.39, 0.29) is 0 Å². The summed E-state index contributed by atoms with van der Waals surface area (Å²) in [6.45, 7) is 0. The van der Waals surface area contributed by atoms with Gasteiger partial charge in [-0.05, 0) is 29.8 Å². The van der Waals surface area contributed by atoms with E-state index in [9.17, 15) is 13.2 Å². The second-order valence-electron chi connectivity index (χ2n) is 4.32. The van der Waals surface area contributed by atoms with Crippen molar-refractivity contribution >= 4 is 0 Å². The van der Waals surface area contributed by atoms with Crippen LogP contribution in [0, 0.1) is 0 Å². The summed E-state index contributed by atoms with van der Waals surface area (Å²) in [5.41, 5.74) is 1.87. The fourth-order valence-electron chi connectivity index (χ4n) is 1.97. The Morgan fingerprint density at radius 2 is 1.67 bits per heavy atom. The highest BCUT2D eigenvalue weighted by Crippen LogP contribution is 2.32. The van der Waals surface area contributed by atoms with E-state index in [0.717, 1.165) is 17.2 Å². The molecule has 0 radical (unpaired) electrons. The Morgan fingerprint density at radius 1 is 0.905 bits per heavy atom. The van der Waals surface area contributed by atoms with Crippen LogP contribution in [0.25, 0.3) is 22.4 Å². The van der Waals surface area contributed by atoms with Crippen LogP contribution in [0.4, 0.5) is 13.2 Å². The third kappa shape index (κ3) is 2.62. The summed E-state index contributed by atoms with van der Waals surface area (Å²) in [5, 5.41) is 6.74. The first-order valence-electron chi connectivity index (χ1n) is 6.03. The largest absolute Gasteiger partial charge is 0.433 e. The van der Waals surface area contributed by atoms with Crippen molar-refractivity contribution in [2.45, 2.75) is 6.18 Å². The number of pyridine rings is 2. The van der Waals surface area contributed by atoms with Crippen LogP contribution in [-0.4, -0.2) is 20.2 Å². The van der Waals surface area contributed by atoms with Crippen LogP contribution >= 0.6 is 0 Å². The van der Waals surface area contributed by atoms with Gasteiger partial charge in [-0.3, -0.25) is 15.1 Å². The van der Waals surface area contributed by atoms with Gasteiger partial charge >= 0.3 is 6.18 Å². The molecular weight excluding hydrogens is 281 g/mol. The van der Waals surface area contributed by atoms with Crippen molar-refractivity contribution in [1.29, 1.82) is 0 Å². The normalized spacial score (nSPS) is 11.6. The number of hydrogen-bond acceptors (Lipinski definition) is 3. The molecule has 0 fully saturated rings. The van der Waals surface area contributed by atoms with E-state index < -0.39 is 11.9 Å². The first-order valence-corrected chi connectivity index (χ1v) is 6.03. The van der Waals surface area contributed by atoms with Crippen LogP contribution in [0.2, 0.25) is 0 Å². The standard InChI is InChI=1S/C14H9F3N4/c15-14(16,17)12-2-1-10(7-19-12)13-11(8-20-21-13)9-3-5-18-6-4-9/h1-8H,(H,20,21). The summed E-state index contributed by atoms with van der Waals surface area (Å²) >= 11 is 0. The molecule has 0 aliphatic rings. The van der Waals surface area contributed by atoms with Crippen molar-refractivity contribution in [2.24, 2.45) is 0 Å². The number of nitrogens with one attached hydrogen (secondary N) is 1. The summed E-state index contributed by atoms with van der Waals surface area (Å²) in [4.78, 5) is 7.38. The second-order valence-corrected chi connectivity index (χ2v) is 4.32. The van der Waals surface area contributed by atoms with Gasteiger partial charge in [0.25, 0.3) is 0 Å². The van der Waals surface area contributed by atoms with E-state index in [4.69, 9.17) is 0 Å². The lowest BCUT2D eigenvalue weighted by molar-refractivity contribution is -0.141. The molecule has 3 rings (SSSR count). The Hall–Kier alpha value is -2.70. The third-order valence-corrected chi connectivity index (χ3v) is 2.97. The van der Waals surface area contributed by atoms with Crippen molar-refractivity contribution in [3.8, 4) is 22.4 Å². The van der Waals surface area contributed by atoms with Gasteiger partial charge in [0.05, 0.1) is 11.9 Å². The highest BCUT2D eigenvalue weighted by molar-refractivity contribution is 5.79. The fourth-order valence-corrected chi connectivity index (χ4v) is 1.97. The zero-order valence-electron chi connectivity index (χ0n) is 10.6. The number of H-pyrrole nitrogens is 1. The lowest BCUT2D eigenvalue weighted by atomic mass is 10.0. The number of aromatic amines is 1. The highest BCUT2D eigenvalue weighted by Gasteiger charge is 2.32. The maximum atomic E-state index is 12.5. The maximum absolute atomic E-state index is 12.5. The molecule has 0 bridgehead atoms. The SMILES string of the molecule is FC(F)(F)c1ccc(-c2[nH]ncc2-c2ccncc2)cn1. The topological polar surface area (TPSA) is 54.5 Å². The summed E-state index contributed by atoms with van der Waals surface area (Å²) in [6, 6.07) is 5.91. The summed E-state index contributed by atoms with van der Waals surface area (Å²) in [5.74, 6) is 0. The maximum Gasteiger partial charge on any atom is 0.433 e. The third-order valence-electron chi connectivity index (χ3n) is 2.97. The number of halogens is 3. The fraction of sp³-hybridized carbons (Fsp3) is 0.0714. The molecule has 4 nitrogen and oxygen atoms in total. The van der Waals surface area contributed by atoms with Gasteiger partial charge in [0.1, 0.15) is 5.69 Å². The van der Waals surface area contributed by atoms with Crippen LogP contribution in [0.15, 0.2) is 49.1 Å². The minimum atomic E-state index is -4.44. The molecule has 0 aliphatic heterocycles. The van der Waals surface area contributed by atoms with Gasteiger partial charge in [-0.1, -0.05) is 0 Å². The Labute approximate surface area is 117 Å². The van der Waals surface area contributed by atoms with E-state index in [2.05, 4.69) is 20.2 Å². The molecule has 0 amide bonds. The molecule has 0 saturated carbocycles. The zero-order chi connectivity index (χ0) is 14.9. The quantitative estimate of drug-likeness (QED) is 0.785. The predicted molar refractivity (Wildman–Crippen MR) is 70.1 cm³/mol. The number of hydrogen-bond donors (Lipinski definition) is 1. The minimum Gasteiger partial charge on any atom is -0.277 e.